The van der Waals surface area contributed by atoms with Crippen molar-refractivity contribution >= 4 is 0 Å². The Morgan fingerprint density at radius 3 is 1.95 bits per heavy atom. The van der Waals surface area contributed by atoms with Gasteiger partial charge in [0.05, 0.1) is 5.60 Å². The molecule has 19 heavy (non-hydrogen) atoms. The van der Waals surface area contributed by atoms with Crippen LogP contribution in [0.4, 0.5) is 0 Å². The van der Waals surface area contributed by atoms with Crippen LogP contribution in [0.2, 0.25) is 0 Å². The van der Waals surface area contributed by atoms with Crippen LogP contribution in [0.1, 0.15) is 71.4 Å². The van der Waals surface area contributed by atoms with E-state index < -0.39 is 5.60 Å². The molecule has 0 bridgehead atoms. The monoisotopic (exact) mass is 260 g/mol. The highest BCUT2D eigenvalue weighted by Crippen LogP contribution is 2.50. The van der Waals surface area contributed by atoms with Crippen molar-refractivity contribution < 1.29 is 5.11 Å². The summed E-state index contributed by atoms with van der Waals surface area (Å²) < 4.78 is 0. The van der Waals surface area contributed by atoms with Crippen LogP contribution in [0.25, 0.3) is 0 Å². The SMILES string of the molecule is CC(C)(C)c1ccc(C2(O)CCCCC2(C)C)cc1. The molecule has 1 fully saturated rings. The Balaban J connectivity index is 2.36. The molecule has 1 saturated carbocycles. The van der Waals surface area contributed by atoms with Gasteiger partial charge in [-0.25, -0.2) is 0 Å². The minimum Gasteiger partial charge on any atom is -0.385 e. The maximum atomic E-state index is 11.2. The molecule has 1 atom stereocenters. The fourth-order valence-corrected chi connectivity index (χ4v) is 3.27. The summed E-state index contributed by atoms with van der Waals surface area (Å²) in [4.78, 5) is 0. The third-order valence-corrected chi connectivity index (χ3v) is 4.94. The predicted octanol–water partition coefficient (Wildman–Crippen LogP) is 4.77. The van der Waals surface area contributed by atoms with Crippen LogP contribution in [0.3, 0.4) is 0 Å². The zero-order valence-corrected chi connectivity index (χ0v) is 13.1. The first-order valence-electron chi connectivity index (χ1n) is 7.50. The second-order valence-electron chi connectivity index (χ2n) is 7.78. The van der Waals surface area contributed by atoms with Crippen molar-refractivity contribution in [2.45, 2.75) is 71.3 Å². The third-order valence-electron chi connectivity index (χ3n) is 4.94. The van der Waals surface area contributed by atoms with Gasteiger partial charge in [-0.1, -0.05) is 71.7 Å². The van der Waals surface area contributed by atoms with Crippen molar-refractivity contribution in [1.29, 1.82) is 0 Å². The molecule has 1 nitrogen and oxygen atoms in total. The topological polar surface area (TPSA) is 20.2 Å². The van der Waals surface area contributed by atoms with Gasteiger partial charge < -0.3 is 5.11 Å². The molecule has 106 valence electrons. The number of benzene rings is 1. The highest BCUT2D eigenvalue weighted by atomic mass is 16.3. The van der Waals surface area contributed by atoms with E-state index in [2.05, 4.69) is 58.9 Å². The molecule has 0 heterocycles. The number of hydrogen-bond donors (Lipinski definition) is 1. The summed E-state index contributed by atoms with van der Waals surface area (Å²) in [7, 11) is 0. The average molecular weight is 260 g/mol. The van der Waals surface area contributed by atoms with Gasteiger partial charge in [0.25, 0.3) is 0 Å². The summed E-state index contributed by atoms with van der Waals surface area (Å²) in [5, 5.41) is 11.2. The Hall–Kier alpha value is -0.820. The second-order valence-corrected chi connectivity index (χ2v) is 7.78. The maximum absolute atomic E-state index is 11.2. The molecule has 1 aliphatic carbocycles. The molecular weight excluding hydrogens is 232 g/mol. The summed E-state index contributed by atoms with van der Waals surface area (Å²) in [6.07, 6.45) is 4.34. The average Bonchev–Trinajstić information content (AvgIpc) is 2.32. The molecule has 0 saturated heterocycles. The molecule has 0 amide bonds. The Bertz CT molecular complexity index is 436. The lowest BCUT2D eigenvalue weighted by Gasteiger charge is -2.47. The highest BCUT2D eigenvalue weighted by Gasteiger charge is 2.46. The van der Waals surface area contributed by atoms with Crippen molar-refractivity contribution in [2.24, 2.45) is 5.41 Å². The van der Waals surface area contributed by atoms with E-state index in [1.165, 1.54) is 12.0 Å². The number of aliphatic hydroxyl groups is 1. The summed E-state index contributed by atoms with van der Waals surface area (Å²) in [6, 6.07) is 8.62. The van der Waals surface area contributed by atoms with Crippen LogP contribution < -0.4 is 0 Å². The van der Waals surface area contributed by atoms with E-state index in [1.54, 1.807) is 0 Å². The molecule has 1 unspecified atom stereocenters. The molecule has 0 radical (unpaired) electrons. The maximum Gasteiger partial charge on any atom is 0.0947 e. The quantitative estimate of drug-likeness (QED) is 0.771. The normalized spacial score (nSPS) is 27.3. The smallest absolute Gasteiger partial charge is 0.0947 e. The lowest BCUT2D eigenvalue weighted by atomic mass is 9.62. The highest BCUT2D eigenvalue weighted by molar-refractivity contribution is 5.32. The van der Waals surface area contributed by atoms with Gasteiger partial charge in [-0.05, 0) is 34.8 Å². The van der Waals surface area contributed by atoms with Gasteiger partial charge in [0.2, 0.25) is 0 Å². The Morgan fingerprint density at radius 2 is 1.47 bits per heavy atom. The molecule has 1 heteroatoms. The van der Waals surface area contributed by atoms with Gasteiger partial charge >= 0.3 is 0 Å². The molecule has 1 N–H and O–H groups in total. The van der Waals surface area contributed by atoms with E-state index in [-0.39, 0.29) is 10.8 Å². The van der Waals surface area contributed by atoms with Crippen molar-refractivity contribution in [2.75, 3.05) is 0 Å². The number of hydrogen-bond acceptors (Lipinski definition) is 1. The van der Waals surface area contributed by atoms with Gasteiger partial charge in [0.15, 0.2) is 0 Å². The number of rotatable bonds is 1. The van der Waals surface area contributed by atoms with Crippen molar-refractivity contribution in [3.8, 4) is 0 Å². The van der Waals surface area contributed by atoms with Gasteiger partial charge in [0.1, 0.15) is 0 Å². The van der Waals surface area contributed by atoms with E-state index in [1.807, 2.05) is 0 Å². The van der Waals surface area contributed by atoms with Crippen molar-refractivity contribution in [3.05, 3.63) is 35.4 Å². The van der Waals surface area contributed by atoms with Crippen LogP contribution >= 0.6 is 0 Å². The third kappa shape index (κ3) is 2.58. The molecular formula is C18H28O. The zero-order chi connectivity index (χ0) is 14.3. The molecule has 2 rings (SSSR count). The molecule has 0 aromatic heterocycles. The predicted molar refractivity (Wildman–Crippen MR) is 81.3 cm³/mol. The largest absolute Gasteiger partial charge is 0.385 e. The van der Waals surface area contributed by atoms with E-state index in [0.717, 1.165) is 24.8 Å². The van der Waals surface area contributed by atoms with Crippen LogP contribution in [0, 0.1) is 5.41 Å². The Morgan fingerprint density at radius 1 is 0.947 bits per heavy atom. The molecule has 1 aromatic carbocycles. The molecule has 0 spiro atoms. The summed E-state index contributed by atoms with van der Waals surface area (Å²) in [5.74, 6) is 0. The summed E-state index contributed by atoms with van der Waals surface area (Å²) >= 11 is 0. The fraction of sp³-hybridized carbons (Fsp3) is 0.667. The van der Waals surface area contributed by atoms with Crippen molar-refractivity contribution in [3.63, 3.8) is 0 Å². The lowest BCUT2D eigenvalue weighted by Crippen LogP contribution is -2.44. The molecule has 1 aliphatic rings. The van der Waals surface area contributed by atoms with E-state index in [9.17, 15) is 5.11 Å². The minimum atomic E-state index is -0.665. The van der Waals surface area contributed by atoms with Crippen molar-refractivity contribution in [1.82, 2.24) is 0 Å². The van der Waals surface area contributed by atoms with E-state index in [0.29, 0.717) is 0 Å². The van der Waals surface area contributed by atoms with Gasteiger partial charge in [-0.15, -0.1) is 0 Å². The zero-order valence-electron chi connectivity index (χ0n) is 13.1. The molecule has 0 aliphatic heterocycles. The van der Waals surface area contributed by atoms with Crippen LogP contribution in [0.15, 0.2) is 24.3 Å². The van der Waals surface area contributed by atoms with Crippen LogP contribution in [-0.4, -0.2) is 5.11 Å². The first-order chi connectivity index (χ1) is 8.67. The molecule has 1 aromatic rings. The van der Waals surface area contributed by atoms with Crippen LogP contribution in [0.5, 0.6) is 0 Å². The first kappa shape index (κ1) is 14.6. The van der Waals surface area contributed by atoms with Gasteiger partial charge in [0, 0.05) is 0 Å². The second kappa shape index (κ2) is 4.63. The fourth-order valence-electron chi connectivity index (χ4n) is 3.27. The Labute approximate surface area is 118 Å². The Kier molecular flexibility index (Phi) is 3.55. The first-order valence-corrected chi connectivity index (χ1v) is 7.50. The van der Waals surface area contributed by atoms with E-state index in [4.69, 9.17) is 0 Å². The van der Waals surface area contributed by atoms with E-state index >= 15 is 0 Å². The minimum absolute atomic E-state index is 0.0332. The standard InChI is InChI=1S/C18H28O/c1-16(2,3)14-8-10-15(11-9-14)18(19)13-7-6-12-17(18,4)5/h8-11,19H,6-7,12-13H2,1-5H3. The van der Waals surface area contributed by atoms with Gasteiger partial charge in [-0.3, -0.25) is 0 Å². The van der Waals surface area contributed by atoms with Crippen LogP contribution in [-0.2, 0) is 11.0 Å². The summed E-state index contributed by atoms with van der Waals surface area (Å²) in [6.45, 7) is 11.1. The lowest BCUT2D eigenvalue weighted by molar-refractivity contribution is -0.103. The summed E-state index contributed by atoms with van der Waals surface area (Å²) in [5.41, 5.74) is 1.89. The van der Waals surface area contributed by atoms with Gasteiger partial charge in [-0.2, -0.15) is 0 Å².